The molecule has 0 unspecified atom stereocenters. The summed E-state index contributed by atoms with van der Waals surface area (Å²) < 4.78 is 32.0. The first-order valence-corrected chi connectivity index (χ1v) is 9.64. The number of rotatable bonds is 5. The van der Waals surface area contributed by atoms with Gasteiger partial charge in [0.25, 0.3) is 5.69 Å². The highest BCUT2D eigenvalue weighted by atomic mass is 32.2. The fourth-order valence-electron chi connectivity index (χ4n) is 2.84. The molecule has 1 aromatic heterocycles. The van der Waals surface area contributed by atoms with Gasteiger partial charge in [-0.05, 0) is 19.1 Å². The Balaban J connectivity index is 1.73. The van der Waals surface area contributed by atoms with Crippen molar-refractivity contribution in [3.8, 4) is 5.88 Å². The molecule has 1 fully saturated rings. The third kappa shape index (κ3) is 3.98. The molecule has 10 nitrogen and oxygen atoms in total. The SMILES string of the molecule is COc1cc(N2CCN(S(=O)(=O)c3ccc([N+](=O)[O-])cc3)CC2)nc(C)n1. The Morgan fingerprint density at radius 2 is 1.74 bits per heavy atom. The summed E-state index contributed by atoms with van der Waals surface area (Å²) in [5.41, 5.74) is -0.146. The molecule has 0 atom stereocenters. The number of sulfonamides is 1. The van der Waals surface area contributed by atoms with E-state index < -0.39 is 14.9 Å². The minimum absolute atomic E-state index is 0.0427. The van der Waals surface area contributed by atoms with Crippen LogP contribution in [0.15, 0.2) is 35.2 Å². The number of hydrogen-bond donors (Lipinski definition) is 0. The van der Waals surface area contributed by atoms with Crippen LogP contribution in [0.3, 0.4) is 0 Å². The lowest BCUT2D eigenvalue weighted by molar-refractivity contribution is -0.384. The predicted octanol–water partition coefficient (Wildman–Crippen LogP) is 1.21. The monoisotopic (exact) mass is 393 g/mol. The fraction of sp³-hybridized carbons (Fsp3) is 0.375. The molecule has 2 heterocycles. The summed E-state index contributed by atoms with van der Waals surface area (Å²) in [6.07, 6.45) is 0. The topological polar surface area (TPSA) is 119 Å². The lowest BCUT2D eigenvalue weighted by Gasteiger charge is -2.34. The number of nitro benzene ring substituents is 1. The summed E-state index contributed by atoms with van der Waals surface area (Å²) in [4.78, 5) is 20.7. The Labute approximate surface area is 156 Å². The average Bonchev–Trinajstić information content (AvgIpc) is 2.67. The van der Waals surface area contributed by atoms with Crippen LogP contribution < -0.4 is 9.64 Å². The van der Waals surface area contributed by atoms with Crippen molar-refractivity contribution in [1.29, 1.82) is 0 Å². The highest BCUT2D eigenvalue weighted by Gasteiger charge is 2.29. The lowest BCUT2D eigenvalue weighted by Crippen LogP contribution is -2.49. The normalized spacial score (nSPS) is 15.6. The number of nitro groups is 1. The van der Waals surface area contributed by atoms with Gasteiger partial charge in [0.15, 0.2) is 0 Å². The first kappa shape index (κ1) is 19.0. The average molecular weight is 393 g/mol. The van der Waals surface area contributed by atoms with Crippen molar-refractivity contribution in [3.05, 3.63) is 46.3 Å². The van der Waals surface area contributed by atoms with Gasteiger partial charge in [0.2, 0.25) is 15.9 Å². The third-order valence-electron chi connectivity index (χ3n) is 4.26. The lowest BCUT2D eigenvalue weighted by atomic mass is 10.3. The van der Waals surface area contributed by atoms with Crippen molar-refractivity contribution in [2.45, 2.75) is 11.8 Å². The van der Waals surface area contributed by atoms with Gasteiger partial charge < -0.3 is 9.64 Å². The van der Waals surface area contributed by atoms with Crippen LogP contribution in [0.25, 0.3) is 0 Å². The van der Waals surface area contributed by atoms with E-state index >= 15 is 0 Å². The van der Waals surface area contributed by atoms with Crippen LogP contribution in [0.2, 0.25) is 0 Å². The standard InChI is InChI=1S/C16H19N5O5S/c1-12-17-15(11-16(18-12)26-2)19-7-9-20(10-8-19)27(24,25)14-5-3-13(4-6-14)21(22)23/h3-6,11H,7-10H2,1-2H3. The molecule has 0 radical (unpaired) electrons. The number of ether oxygens (including phenoxy) is 1. The fourth-order valence-corrected chi connectivity index (χ4v) is 4.26. The number of methoxy groups -OCH3 is 1. The molecule has 1 aromatic carbocycles. The molecule has 0 aliphatic carbocycles. The number of aryl methyl sites for hydroxylation is 1. The van der Waals surface area contributed by atoms with Gasteiger partial charge >= 0.3 is 0 Å². The molecular formula is C16H19N5O5S. The van der Waals surface area contributed by atoms with Gasteiger partial charge in [-0.3, -0.25) is 10.1 Å². The van der Waals surface area contributed by atoms with Gasteiger partial charge in [0, 0.05) is 44.4 Å². The quantitative estimate of drug-likeness (QED) is 0.549. The molecule has 0 spiro atoms. The molecule has 0 saturated carbocycles. The van der Waals surface area contributed by atoms with E-state index in [9.17, 15) is 18.5 Å². The summed E-state index contributed by atoms with van der Waals surface area (Å²) in [6.45, 7) is 3.26. The highest BCUT2D eigenvalue weighted by Crippen LogP contribution is 2.23. The molecule has 144 valence electrons. The molecule has 1 aliphatic heterocycles. The van der Waals surface area contributed by atoms with Gasteiger partial charge in [0.1, 0.15) is 11.6 Å². The van der Waals surface area contributed by atoms with Crippen LogP contribution in [0.5, 0.6) is 5.88 Å². The summed E-state index contributed by atoms with van der Waals surface area (Å²) in [5.74, 6) is 1.72. The molecule has 27 heavy (non-hydrogen) atoms. The second kappa shape index (κ2) is 7.45. The van der Waals surface area contributed by atoms with Crippen molar-refractivity contribution in [2.75, 3.05) is 38.2 Å². The molecule has 11 heteroatoms. The van der Waals surface area contributed by atoms with Crippen molar-refractivity contribution < 1.29 is 18.1 Å². The van der Waals surface area contributed by atoms with E-state index in [2.05, 4.69) is 9.97 Å². The second-order valence-electron chi connectivity index (χ2n) is 5.96. The number of anilines is 1. The number of piperazine rings is 1. The van der Waals surface area contributed by atoms with Crippen LogP contribution >= 0.6 is 0 Å². The summed E-state index contributed by atoms with van der Waals surface area (Å²) in [5, 5.41) is 10.7. The van der Waals surface area contributed by atoms with Crippen LogP contribution in [-0.2, 0) is 10.0 Å². The number of aromatic nitrogens is 2. The zero-order valence-corrected chi connectivity index (χ0v) is 15.7. The van der Waals surface area contributed by atoms with E-state index in [0.717, 1.165) is 0 Å². The Morgan fingerprint density at radius 3 is 2.30 bits per heavy atom. The molecule has 3 rings (SSSR count). The second-order valence-corrected chi connectivity index (χ2v) is 7.90. The predicted molar refractivity (Wildman–Crippen MR) is 97.4 cm³/mol. The maximum atomic E-state index is 12.8. The smallest absolute Gasteiger partial charge is 0.269 e. The minimum Gasteiger partial charge on any atom is -0.481 e. The van der Waals surface area contributed by atoms with E-state index in [4.69, 9.17) is 4.74 Å². The number of benzene rings is 1. The van der Waals surface area contributed by atoms with Crippen LogP contribution in [-0.4, -0.2) is 60.9 Å². The molecule has 1 saturated heterocycles. The summed E-state index contributed by atoms with van der Waals surface area (Å²) >= 11 is 0. The Morgan fingerprint density at radius 1 is 1.11 bits per heavy atom. The molecule has 2 aromatic rings. The van der Waals surface area contributed by atoms with Crippen LogP contribution in [0.4, 0.5) is 11.5 Å². The van der Waals surface area contributed by atoms with Gasteiger partial charge in [-0.1, -0.05) is 0 Å². The van der Waals surface area contributed by atoms with Crippen LogP contribution in [0, 0.1) is 17.0 Å². The Hall–Kier alpha value is -2.79. The number of hydrogen-bond acceptors (Lipinski definition) is 8. The maximum Gasteiger partial charge on any atom is 0.269 e. The van der Waals surface area contributed by atoms with Crippen molar-refractivity contribution in [1.82, 2.24) is 14.3 Å². The van der Waals surface area contributed by atoms with Crippen LogP contribution in [0.1, 0.15) is 5.82 Å². The van der Waals surface area contributed by atoms with Gasteiger partial charge in [-0.15, -0.1) is 0 Å². The first-order valence-electron chi connectivity index (χ1n) is 8.20. The summed E-state index contributed by atoms with van der Waals surface area (Å²) in [6, 6.07) is 6.63. The molecule has 0 amide bonds. The zero-order valence-electron chi connectivity index (χ0n) is 14.9. The molecular weight excluding hydrogens is 374 g/mol. The maximum absolute atomic E-state index is 12.8. The van der Waals surface area contributed by atoms with E-state index in [1.807, 2.05) is 4.90 Å². The minimum atomic E-state index is -3.70. The van der Waals surface area contributed by atoms with Crippen molar-refractivity contribution in [3.63, 3.8) is 0 Å². The largest absolute Gasteiger partial charge is 0.481 e. The molecule has 0 bridgehead atoms. The highest BCUT2D eigenvalue weighted by molar-refractivity contribution is 7.89. The first-order chi connectivity index (χ1) is 12.8. The number of nitrogens with zero attached hydrogens (tertiary/aromatic N) is 5. The molecule has 1 aliphatic rings. The summed E-state index contributed by atoms with van der Waals surface area (Å²) in [7, 11) is -2.18. The van der Waals surface area contributed by atoms with E-state index in [1.54, 1.807) is 13.0 Å². The third-order valence-corrected chi connectivity index (χ3v) is 6.17. The van der Waals surface area contributed by atoms with Gasteiger partial charge in [0.05, 0.1) is 16.9 Å². The van der Waals surface area contributed by atoms with E-state index in [-0.39, 0.29) is 23.7 Å². The Bertz CT molecular complexity index is 940. The van der Waals surface area contributed by atoms with E-state index in [0.29, 0.717) is 30.6 Å². The number of non-ortho nitro benzene ring substituents is 1. The van der Waals surface area contributed by atoms with Crippen molar-refractivity contribution in [2.24, 2.45) is 0 Å². The molecule has 0 N–H and O–H groups in total. The Kier molecular flexibility index (Phi) is 5.24. The van der Waals surface area contributed by atoms with Gasteiger partial charge in [-0.25, -0.2) is 13.4 Å². The van der Waals surface area contributed by atoms with Crippen molar-refractivity contribution >= 4 is 21.5 Å². The van der Waals surface area contributed by atoms with Gasteiger partial charge in [-0.2, -0.15) is 9.29 Å². The zero-order chi connectivity index (χ0) is 19.6. The van der Waals surface area contributed by atoms with E-state index in [1.165, 1.54) is 35.7 Å².